The third-order valence-corrected chi connectivity index (χ3v) is 11.2. The second-order valence-electron chi connectivity index (χ2n) is 14.3. The molecule has 1 saturated carbocycles. The zero-order valence-corrected chi connectivity index (χ0v) is 29.2. The number of aromatic amines is 1. The SMILES string of the molecule is COc1cc(CCC(CC(=O)CC2c3cc(OC)c(O)c4c3C(=CC3CCCCC32)c2[nH]c3ccccc3c2CCC4)OC(C)=O)ccc1O. The lowest BCUT2D eigenvalue weighted by Gasteiger charge is -2.35. The van der Waals surface area contributed by atoms with Gasteiger partial charge in [-0.25, -0.2) is 0 Å². The summed E-state index contributed by atoms with van der Waals surface area (Å²) in [5.41, 5.74) is 8.60. The number of benzene rings is 3. The molecule has 3 N–H and O–H groups in total. The zero-order chi connectivity index (χ0) is 34.9. The Morgan fingerprint density at radius 2 is 1.72 bits per heavy atom. The van der Waals surface area contributed by atoms with E-state index in [0.717, 1.165) is 77.6 Å². The number of aromatic hydroxyl groups is 2. The first-order valence-electron chi connectivity index (χ1n) is 18.0. The van der Waals surface area contributed by atoms with Gasteiger partial charge in [0.1, 0.15) is 11.9 Å². The molecule has 7 rings (SSSR count). The van der Waals surface area contributed by atoms with Crippen LogP contribution in [0.2, 0.25) is 0 Å². The Hall–Kier alpha value is -4.72. The van der Waals surface area contributed by atoms with Crippen molar-refractivity contribution >= 4 is 28.2 Å². The highest BCUT2D eigenvalue weighted by Crippen LogP contribution is 2.54. The first-order chi connectivity index (χ1) is 24.2. The third kappa shape index (κ3) is 6.48. The molecule has 1 heterocycles. The van der Waals surface area contributed by atoms with E-state index in [2.05, 4.69) is 35.3 Å². The first-order valence-corrected chi connectivity index (χ1v) is 18.0. The van der Waals surface area contributed by atoms with Gasteiger partial charge in [-0.15, -0.1) is 0 Å². The highest BCUT2D eigenvalue weighted by Gasteiger charge is 2.40. The van der Waals surface area contributed by atoms with Gasteiger partial charge < -0.3 is 29.4 Å². The normalized spacial score (nSPS) is 20.2. The topological polar surface area (TPSA) is 118 Å². The maximum atomic E-state index is 14.2. The number of allylic oxidation sites excluding steroid dienone is 1. The van der Waals surface area contributed by atoms with Crippen LogP contribution in [0.1, 0.15) is 97.7 Å². The molecule has 3 aliphatic carbocycles. The van der Waals surface area contributed by atoms with Gasteiger partial charge in [0, 0.05) is 41.8 Å². The maximum Gasteiger partial charge on any atom is 0.302 e. The number of fused-ring (bicyclic) bond motifs is 5. The molecular formula is C42H47NO7. The van der Waals surface area contributed by atoms with Crippen LogP contribution in [0.15, 0.2) is 54.6 Å². The number of para-hydroxylation sites is 1. The molecule has 3 aliphatic rings. The summed E-state index contributed by atoms with van der Waals surface area (Å²) in [6.07, 6.45) is 10.1. The summed E-state index contributed by atoms with van der Waals surface area (Å²) >= 11 is 0. The van der Waals surface area contributed by atoms with E-state index in [4.69, 9.17) is 14.2 Å². The lowest BCUT2D eigenvalue weighted by molar-refractivity contribution is -0.147. The number of hydrogen-bond donors (Lipinski definition) is 3. The summed E-state index contributed by atoms with van der Waals surface area (Å²) in [5, 5.41) is 22.9. The summed E-state index contributed by atoms with van der Waals surface area (Å²) in [6, 6.07) is 15.6. The second kappa shape index (κ2) is 14.3. The van der Waals surface area contributed by atoms with Crippen molar-refractivity contribution < 1.29 is 34.0 Å². The summed E-state index contributed by atoms with van der Waals surface area (Å²) in [6.45, 7) is 1.38. The fourth-order valence-electron chi connectivity index (χ4n) is 8.98. The van der Waals surface area contributed by atoms with Crippen molar-refractivity contribution in [1.82, 2.24) is 4.98 Å². The molecule has 0 saturated heterocycles. The summed E-state index contributed by atoms with van der Waals surface area (Å²) in [5.74, 6) is 1.15. The Labute approximate surface area is 293 Å². The molecule has 4 atom stereocenters. The zero-order valence-electron chi connectivity index (χ0n) is 29.2. The van der Waals surface area contributed by atoms with Crippen LogP contribution in [-0.2, 0) is 33.6 Å². The number of methoxy groups -OCH3 is 2. The predicted molar refractivity (Wildman–Crippen MR) is 193 cm³/mol. The largest absolute Gasteiger partial charge is 0.504 e. The van der Waals surface area contributed by atoms with Gasteiger partial charge in [0.15, 0.2) is 23.0 Å². The highest BCUT2D eigenvalue weighted by molar-refractivity contribution is 5.95. The number of ketones is 1. The highest BCUT2D eigenvalue weighted by atomic mass is 16.5. The van der Waals surface area contributed by atoms with Crippen molar-refractivity contribution in [3.63, 3.8) is 0 Å². The van der Waals surface area contributed by atoms with Crippen LogP contribution in [0.3, 0.4) is 0 Å². The first kappa shape index (κ1) is 33.8. The van der Waals surface area contributed by atoms with E-state index in [1.165, 1.54) is 25.0 Å². The molecule has 0 bridgehead atoms. The number of esters is 1. The van der Waals surface area contributed by atoms with Crippen LogP contribution in [0.4, 0.5) is 0 Å². The number of aryl methyl sites for hydroxylation is 2. The number of aromatic nitrogens is 1. The van der Waals surface area contributed by atoms with E-state index in [-0.39, 0.29) is 41.5 Å². The summed E-state index contributed by atoms with van der Waals surface area (Å²) in [4.78, 5) is 30.2. The van der Waals surface area contributed by atoms with Crippen LogP contribution in [0.5, 0.6) is 23.0 Å². The standard InChI is InChI=1S/C42H47NO7/c1-24(44)50-28(17-15-25-16-18-37(46)38(19-25)48-2)21-27(45)22-33-29-10-5-4-9-26(29)20-35-40-32(42(47)39(49-3)23-34(33)40)13-8-12-31-30-11-6-7-14-36(30)43-41(31)35/h6-7,11,14,16,18-20,23,26,28-29,33,43,46-47H,4-5,8-10,12-13,15,17,21-22H2,1-3H3. The van der Waals surface area contributed by atoms with E-state index in [9.17, 15) is 19.8 Å². The minimum Gasteiger partial charge on any atom is -0.504 e. The van der Waals surface area contributed by atoms with Crippen molar-refractivity contribution in [2.45, 2.75) is 89.6 Å². The van der Waals surface area contributed by atoms with Gasteiger partial charge in [0.25, 0.3) is 0 Å². The van der Waals surface area contributed by atoms with E-state index >= 15 is 0 Å². The number of ether oxygens (including phenoxy) is 3. The van der Waals surface area contributed by atoms with Gasteiger partial charge in [-0.1, -0.05) is 43.2 Å². The number of rotatable bonds is 10. The van der Waals surface area contributed by atoms with Crippen LogP contribution in [-0.4, -0.2) is 47.3 Å². The fraction of sp³-hybridized carbons (Fsp3) is 0.429. The maximum absolute atomic E-state index is 14.2. The molecule has 0 radical (unpaired) electrons. The van der Waals surface area contributed by atoms with Crippen LogP contribution < -0.4 is 9.47 Å². The van der Waals surface area contributed by atoms with E-state index in [0.29, 0.717) is 37.2 Å². The van der Waals surface area contributed by atoms with Crippen LogP contribution in [0.25, 0.3) is 16.5 Å². The Balaban J connectivity index is 1.26. The number of H-pyrrole nitrogens is 1. The predicted octanol–water partition coefficient (Wildman–Crippen LogP) is 8.33. The van der Waals surface area contributed by atoms with Gasteiger partial charge in [0.2, 0.25) is 0 Å². The molecule has 4 unspecified atom stereocenters. The monoisotopic (exact) mass is 677 g/mol. The number of phenolic OH excluding ortho intramolecular Hbond substituents is 2. The summed E-state index contributed by atoms with van der Waals surface area (Å²) < 4.78 is 16.8. The van der Waals surface area contributed by atoms with Gasteiger partial charge in [-0.05, 0) is 109 Å². The van der Waals surface area contributed by atoms with Crippen molar-refractivity contribution in [3.05, 3.63) is 88.1 Å². The average Bonchev–Trinajstić information content (AvgIpc) is 3.40. The number of phenols is 2. The molecule has 50 heavy (non-hydrogen) atoms. The molecule has 4 aromatic rings. The number of nitrogens with one attached hydrogen (secondary N) is 1. The van der Waals surface area contributed by atoms with Crippen molar-refractivity contribution in [3.8, 4) is 23.0 Å². The van der Waals surface area contributed by atoms with E-state index < -0.39 is 12.1 Å². The molecule has 8 nitrogen and oxygen atoms in total. The lowest BCUT2D eigenvalue weighted by Crippen LogP contribution is -2.28. The molecule has 262 valence electrons. The Morgan fingerprint density at radius 3 is 2.52 bits per heavy atom. The smallest absolute Gasteiger partial charge is 0.302 e. The Morgan fingerprint density at radius 1 is 0.940 bits per heavy atom. The van der Waals surface area contributed by atoms with Gasteiger partial charge >= 0.3 is 5.97 Å². The Bertz CT molecular complexity index is 1960. The molecule has 8 heteroatoms. The number of carbonyl (C=O) groups is 2. The van der Waals surface area contributed by atoms with Crippen LogP contribution >= 0.6 is 0 Å². The Kier molecular flexibility index (Phi) is 9.63. The van der Waals surface area contributed by atoms with Gasteiger partial charge in [-0.3, -0.25) is 9.59 Å². The molecule has 0 spiro atoms. The minimum absolute atomic E-state index is 0.0512. The molecule has 3 aromatic carbocycles. The number of carbonyl (C=O) groups excluding carboxylic acids is 2. The summed E-state index contributed by atoms with van der Waals surface area (Å²) in [7, 11) is 3.10. The number of hydrogen-bond acceptors (Lipinski definition) is 7. The van der Waals surface area contributed by atoms with Crippen molar-refractivity contribution in [2.24, 2.45) is 11.8 Å². The average molecular weight is 678 g/mol. The molecule has 0 amide bonds. The molecule has 0 aliphatic heterocycles. The molecule has 1 fully saturated rings. The van der Waals surface area contributed by atoms with Gasteiger partial charge in [0.05, 0.1) is 19.9 Å². The van der Waals surface area contributed by atoms with Gasteiger partial charge in [-0.2, -0.15) is 0 Å². The number of Topliss-reactive ketones (excluding diaryl/α,β-unsaturated/α-hetero) is 1. The van der Waals surface area contributed by atoms with Crippen molar-refractivity contribution in [2.75, 3.05) is 14.2 Å². The van der Waals surface area contributed by atoms with E-state index in [1.54, 1.807) is 19.2 Å². The molecular weight excluding hydrogens is 630 g/mol. The minimum atomic E-state index is -0.578. The van der Waals surface area contributed by atoms with Crippen molar-refractivity contribution in [1.29, 1.82) is 0 Å². The fourth-order valence-corrected chi connectivity index (χ4v) is 8.98. The lowest BCUT2D eigenvalue weighted by atomic mass is 9.69. The second-order valence-corrected chi connectivity index (χ2v) is 14.3. The quantitative estimate of drug-likeness (QED) is 0.145. The van der Waals surface area contributed by atoms with Crippen LogP contribution in [0, 0.1) is 11.8 Å². The van der Waals surface area contributed by atoms with E-state index in [1.807, 2.05) is 12.1 Å². The third-order valence-electron chi connectivity index (χ3n) is 11.2. The molecule has 1 aromatic heterocycles.